The van der Waals surface area contributed by atoms with E-state index in [1.807, 2.05) is 30.3 Å². The van der Waals surface area contributed by atoms with Gasteiger partial charge in [-0.15, -0.1) is 12.6 Å². The van der Waals surface area contributed by atoms with Crippen molar-refractivity contribution in [2.24, 2.45) is 0 Å². The quantitative estimate of drug-likeness (QED) is 0.330. The molecule has 2 aliphatic rings. The van der Waals surface area contributed by atoms with Crippen LogP contribution in [-0.2, 0) is 21.8 Å². The number of piperazine rings is 1. The highest BCUT2D eigenvalue weighted by Crippen LogP contribution is 2.44. The van der Waals surface area contributed by atoms with Crippen molar-refractivity contribution in [3.8, 4) is 16.9 Å². The summed E-state index contributed by atoms with van der Waals surface area (Å²) in [5.74, 6) is -0.0237. The van der Waals surface area contributed by atoms with Crippen LogP contribution in [0.4, 0.5) is 8.68 Å². The third-order valence-electron chi connectivity index (χ3n) is 7.40. The molecular formula is C28H29FN2O5S2. The molecule has 0 N–H and O–H groups in total. The van der Waals surface area contributed by atoms with E-state index < -0.39 is 10.5 Å². The SMILES string of the molecule is Cc1c(S)cc(CN2CCN(C(=O)OCC3c4ccccc4-c4ccccc43)CC2)c(C)c1OS(=O)(=O)F. The van der Waals surface area contributed by atoms with Crippen molar-refractivity contribution >= 4 is 29.2 Å². The highest BCUT2D eigenvalue weighted by molar-refractivity contribution is 7.81. The van der Waals surface area contributed by atoms with Crippen molar-refractivity contribution in [2.75, 3.05) is 32.8 Å². The fraction of sp³-hybridized carbons (Fsp3) is 0.321. The van der Waals surface area contributed by atoms with E-state index in [1.165, 1.54) is 22.3 Å². The molecular weight excluding hydrogens is 527 g/mol. The molecule has 200 valence electrons. The zero-order valence-electron chi connectivity index (χ0n) is 21.2. The second-order valence-corrected chi connectivity index (χ2v) is 11.1. The maximum Gasteiger partial charge on any atom is 0.488 e. The maximum atomic E-state index is 13.2. The number of hydrogen-bond donors (Lipinski definition) is 1. The van der Waals surface area contributed by atoms with Gasteiger partial charge >= 0.3 is 16.6 Å². The van der Waals surface area contributed by atoms with Crippen molar-refractivity contribution in [1.29, 1.82) is 0 Å². The van der Waals surface area contributed by atoms with E-state index in [-0.39, 0.29) is 24.4 Å². The Morgan fingerprint density at radius 3 is 2.13 bits per heavy atom. The molecule has 10 heteroatoms. The van der Waals surface area contributed by atoms with Gasteiger partial charge in [-0.2, -0.15) is 8.42 Å². The average molecular weight is 557 g/mol. The molecule has 38 heavy (non-hydrogen) atoms. The Hall–Kier alpha value is -3.08. The first-order chi connectivity index (χ1) is 18.1. The number of carbonyl (C=O) groups excluding carboxylic acids is 1. The van der Waals surface area contributed by atoms with Gasteiger partial charge in [-0.1, -0.05) is 52.4 Å². The van der Waals surface area contributed by atoms with Crippen molar-refractivity contribution in [2.45, 2.75) is 31.2 Å². The Morgan fingerprint density at radius 2 is 1.55 bits per heavy atom. The fourth-order valence-electron chi connectivity index (χ4n) is 5.33. The van der Waals surface area contributed by atoms with Crippen molar-refractivity contribution in [3.05, 3.63) is 82.4 Å². The Kier molecular flexibility index (Phi) is 7.39. The van der Waals surface area contributed by atoms with E-state index >= 15 is 0 Å². The van der Waals surface area contributed by atoms with E-state index in [1.54, 1.807) is 18.7 Å². The smallest absolute Gasteiger partial charge is 0.448 e. The van der Waals surface area contributed by atoms with E-state index in [2.05, 4.69) is 46.0 Å². The number of nitrogens with zero attached hydrogens (tertiary/aromatic N) is 2. The Morgan fingerprint density at radius 1 is 0.974 bits per heavy atom. The average Bonchev–Trinajstić information content (AvgIpc) is 3.22. The Balaban J connectivity index is 1.20. The second-order valence-electron chi connectivity index (χ2n) is 9.68. The molecule has 0 spiro atoms. The molecule has 5 rings (SSSR count). The lowest BCUT2D eigenvalue weighted by Crippen LogP contribution is -2.48. The van der Waals surface area contributed by atoms with E-state index in [4.69, 9.17) is 4.74 Å². The van der Waals surface area contributed by atoms with Crippen LogP contribution in [0.15, 0.2) is 59.5 Å². The summed E-state index contributed by atoms with van der Waals surface area (Å²) in [6, 6.07) is 18.3. The van der Waals surface area contributed by atoms with Gasteiger partial charge in [-0.3, -0.25) is 4.90 Å². The first kappa shape index (κ1) is 26.5. The maximum absolute atomic E-state index is 13.2. The molecule has 1 amide bonds. The van der Waals surface area contributed by atoms with Gasteiger partial charge in [0.25, 0.3) is 0 Å². The number of benzene rings is 3. The Labute approximate surface area is 228 Å². The molecule has 0 saturated carbocycles. The van der Waals surface area contributed by atoms with Crippen LogP contribution in [0.3, 0.4) is 0 Å². The molecule has 7 nitrogen and oxygen atoms in total. The molecule has 0 atom stereocenters. The lowest BCUT2D eigenvalue weighted by molar-refractivity contribution is 0.0728. The molecule has 0 unspecified atom stereocenters. The lowest BCUT2D eigenvalue weighted by atomic mass is 9.98. The topological polar surface area (TPSA) is 76.2 Å². The lowest BCUT2D eigenvalue weighted by Gasteiger charge is -2.34. The summed E-state index contributed by atoms with van der Waals surface area (Å²) in [5, 5.41) is 0. The molecule has 1 aliphatic heterocycles. The van der Waals surface area contributed by atoms with Gasteiger partial charge in [-0.05, 0) is 53.3 Å². The normalized spacial score (nSPS) is 15.7. The zero-order chi connectivity index (χ0) is 27.0. The predicted molar refractivity (Wildman–Crippen MR) is 146 cm³/mol. The monoisotopic (exact) mass is 556 g/mol. The van der Waals surface area contributed by atoms with Crippen LogP contribution in [0.1, 0.15) is 33.7 Å². The molecule has 3 aromatic rings. The van der Waals surface area contributed by atoms with Crippen molar-refractivity contribution in [3.63, 3.8) is 0 Å². The minimum atomic E-state index is -5.16. The van der Waals surface area contributed by atoms with Gasteiger partial charge in [0.05, 0.1) is 0 Å². The van der Waals surface area contributed by atoms with E-state index in [9.17, 15) is 17.1 Å². The molecule has 1 heterocycles. The van der Waals surface area contributed by atoms with Crippen LogP contribution in [0.2, 0.25) is 0 Å². The number of ether oxygens (including phenoxy) is 1. The molecule has 3 aromatic carbocycles. The molecule has 0 radical (unpaired) electrons. The number of rotatable bonds is 6. The van der Waals surface area contributed by atoms with Gasteiger partial charge in [-0.25, -0.2) is 4.79 Å². The second kappa shape index (κ2) is 10.6. The first-order valence-corrected chi connectivity index (χ1v) is 14.2. The third-order valence-corrected chi connectivity index (χ3v) is 8.23. The summed E-state index contributed by atoms with van der Waals surface area (Å²) < 4.78 is 45.9. The van der Waals surface area contributed by atoms with Crippen molar-refractivity contribution < 1.29 is 26.0 Å². The number of fused-ring (bicyclic) bond motifs is 3. The minimum absolute atomic E-state index is 0.0112. The summed E-state index contributed by atoms with van der Waals surface area (Å²) in [7, 11) is -5.16. The number of thiol groups is 1. The molecule has 1 fully saturated rings. The summed E-state index contributed by atoms with van der Waals surface area (Å²) in [6.45, 7) is 6.31. The van der Waals surface area contributed by atoms with Gasteiger partial charge in [0, 0.05) is 49.1 Å². The fourth-order valence-corrected chi connectivity index (χ4v) is 6.03. The largest absolute Gasteiger partial charge is 0.488 e. The van der Waals surface area contributed by atoms with Crippen LogP contribution in [0, 0.1) is 13.8 Å². The van der Waals surface area contributed by atoms with Crippen LogP contribution >= 0.6 is 12.6 Å². The standard InChI is InChI=1S/C28H29FN2O5S2/c1-18-20(15-26(37)19(2)27(18)36-38(29,33)34)16-30-11-13-31(14-12-30)28(32)35-17-25-23-9-5-3-7-21(23)22-8-4-6-10-24(22)25/h3-10,15,25,37H,11-14,16-17H2,1-2H3. The van der Waals surface area contributed by atoms with E-state index in [0.717, 1.165) is 5.56 Å². The van der Waals surface area contributed by atoms with Crippen LogP contribution in [0.5, 0.6) is 5.75 Å². The number of halogens is 1. The van der Waals surface area contributed by atoms with E-state index in [0.29, 0.717) is 48.7 Å². The third kappa shape index (κ3) is 5.39. The highest BCUT2D eigenvalue weighted by Gasteiger charge is 2.30. The number of carbonyl (C=O) groups is 1. The molecule has 1 aliphatic carbocycles. The number of amides is 1. The van der Waals surface area contributed by atoms with Gasteiger partial charge in [0.15, 0.2) is 5.75 Å². The predicted octanol–water partition coefficient (Wildman–Crippen LogP) is 5.25. The molecule has 0 bridgehead atoms. The number of hydrogen-bond acceptors (Lipinski definition) is 7. The van der Waals surface area contributed by atoms with Gasteiger partial charge in [0.1, 0.15) is 6.61 Å². The molecule has 1 saturated heterocycles. The minimum Gasteiger partial charge on any atom is -0.448 e. The summed E-state index contributed by atoms with van der Waals surface area (Å²) in [5.41, 5.74) is 6.50. The van der Waals surface area contributed by atoms with Gasteiger partial charge in [0.2, 0.25) is 0 Å². The van der Waals surface area contributed by atoms with Crippen LogP contribution < -0.4 is 4.18 Å². The Bertz CT molecular complexity index is 1440. The summed E-state index contributed by atoms with van der Waals surface area (Å²) >= 11 is 4.40. The van der Waals surface area contributed by atoms with Crippen LogP contribution in [-0.4, -0.2) is 57.1 Å². The molecule has 0 aromatic heterocycles. The summed E-state index contributed by atoms with van der Waals surface area (Å²) in [6.07, 6.45) is -0.334. The zero-order valence-corrected chi connectivity index (χ0v) is 22.9. The van der Waals surface area contributed by atoms with Crippen molar-refractivity contribution in [1.82, 2.24) is 9.80 Å². The highest BCUT2D eigenvalue weighted by atomic mass is 32.3. The summed E-state index contributed by atoms with van der Waals surface area (Å²) in [4.78, 5) is 17.3. The van der Waals surface area contributed by atoms with Gasteiger partial charge < -0.3 is 13.8 Å². The van der Waals surface area contributed by atoms with Crippen LogP contribution in [0.25, 0.3) is 11.1 Å². The first-order valence-electron chi connectivity index (χ1n) is 12.4.